The fraction of sp³-hybridized carbons (Fsp3) is 0.500. The van der Waals surface area contributed by atoms with E-state index in [2.05, 4.69) is 55.1 Å². The summed E-state index contributed by atoms with van der Waals surface area (Å²) in [7, 11) is 0. The zero-order valence-electron chi connectivity index (χ0n) is 11.1. The number of fused-ring (bicyclic) bond motifs is 1. The van der Waals surface area contributed by atoms with Gasteiger partial charge in [-0.15, -0.1) is 0 Å². The summed E-state index contributed by atoms with van der Waals surface area (Å²) in [5.41, 5.74) is 4.84. The van der Waals surface area contributed by atoms with Gasteiger partial charge in [0.1, 0.15) is 5.82 Å². The Labute approximate surface area is 103 Å². The van der Waals surface area contributed by atoms with Gasteiger partial charge in [-0.3, -0.25) is 0 Å². The van der Waals surface area contributed by atoms with Crippen LogP contribution in [0, 0.1) is 13.8 Å². The van der Waals surface area contributed by atoms with E-state index in [0.717, 1.165) is 29.8 Å². The number of aryl methyl sites for hydroxylation is 2. The molecule has 1 aromatic heterocycles. The molecule has 0 amide bonds. The van der Waals surface area contributed by atoms with Crippen molar-refractivity contribution in [1.82, 2.24) is 15.3 Å². The summed E-state index contributed by atoms with van der Waals surface area (Å²) in [6, 6.07) is 4.86. The average Bonchev–Trinajstić information content (AvgIpc) is 2.60. The fourth-order valence-corrected chi connectivity index (χ4v) is 1.92. The van der Waals surface area contributed by atoms with Crippen LogP contribution in [0.3, 0.4) is 0 Å². The number of H-pyrrole nitrogens is 1. The van der Waals surface area contributed by atoms with Gasteiger partial charge in [0.15, 0.2) is 0 Å². The van der Waals surface area contributed by atoms with Gasteiger partial charge in [0.05, 0.1) is 11.0 Å². The zero-order chi connectivity index (χ0) is 12.4. The Morgan fingerprint density at radius 3 is 2.65 bits per heavy atom. The summed E-state index contributed by atoms with van der Waals surface area (Å²) in [5.74, 6) is 1.07. The van der Waals surface area contributed by atoms with E-state index in [1.54, 1.807) is 0 Å². The smallest absolute Gasteiger partial charge is 0.108 e. The highest BCUT2D eigenvalue weighted by molar-refractivity contribution is 5.77. The first-order chi connectivity index (χ1) is 8.06. The van der Waals surface area contributed by atoms with Crippen LogP contribution in [0.5, 0.6) is 0 Å². The third kappa shape index (κ3) is 2.86. The molecule has 0 aliphatic heterocycles. The van der Waals surface area contributed by atoms with Gasteiger partial charge in [0.2, 0.25) is 0 Å². The van der Waals surface area contributed by atoms with Gasteiger partial charge in [0.25, 0.3) is 0 Å². The molecular weight excluding hydrogens is 210 g/mol. The van der Waals surface area contributed by atoms with E-state index in [9.17, 15) is 0 Å². The first kappa shape index (κ1) is 12.1. The monoisotopic (exact) mass is 231 g/mol. The fourth-order valence-electron chi connectivity index (χ4n) is 1.92. The predicted octanol–water partition coefficient (Wildman–Crippen LogP) is 2.72. The molecule has 3 heteroatoms. The maximum Gasteiger partial charge on any atom is 0.108 e. The molecule has 0 saturated carbocycles. The Kier molecular flexibility index (Phi) is 3.48. The number of hydrogen-bond donors (Lipinski definition) is 2. The molecule has 0 aliphatic rings. The van der Waals surface area contributed by atoms with Gasteiger partial charge >= 0.3 is 0 Å². The normalized spacial score (nSPS) is 11.6. The molecule has 0 aliphatic carbocycles. The highest BCUT2D eigenvalue weighted by Gasteiger charge is 2.04. The first-order valence-electron chi connectivity index (χ1n) is 6.25. The van der Waals surface area contributed by atoms with Crippen molar-refractivity contribution < 1.29 is 0 Å². The highest BCUT2D eigenvalue weighted by Crippen LogP contribution is 2.17. The standard InChI is InChI=1S/C14H21N3/c1-9(2)15-6-5-14-16-12-7-10(3)11(4)8-13(12)17-14/h7-9,15H,5-6H2,1-4H3,(H,16,17). The number of aromatic nitrogens is 2. The zero-order valence-corrected chi connectivity index (χ0v) is 11.1. The van der Waals surface area contributed by atoms with Crippen LogP contribution in [0.4, 0.5) is 0 Å². The Bertz CT molecular complexity index is 472. The van der Waals surface area contributed by atoms with Crippen LogP contribution >= 0.6 is 0 Å². The minimum atomic E-state index is 0.531. The largest absolute Gasteiger partial charge is 0.342 e. The second-order valence-electron chi connectivity index (χ2n) is 5.00. The molecular formula is C14H21N3. The van der Waals surface area contributed by atoms with Crippen molar-refractivity contribution in [2.75, 3.05) is 6.54 Å². The van der Waals surface area contributed by atoms with E-state index < -0.39 is 0 Å². The first-order valence-corrected chi connectivity index (χ1v) is 6.25. The van der Waals surface area contributed by atoms with Gasteiger partial charge in [-0.1, -0.05) is 13.8 Å². The molecule has 0 radical (unpaired) electrons. The lowest BCUT2D eigenvalue weighted by Crippen LogP contribution is -2.25. The lowest BCUT2D eigenvalue weighted by molar-refractivity contribution is 0.585. The molecule has 92 valence electrons. The Morgan fingerprint density at radius 1 is 1.24 bits per heavy atom. The molecule has 0 saturated heterocycles. The van der Waals surface area contributed by atoms with Crippen LogP contribution in [-0.4, -0.2) is 22.6 Å². The third-order valence-electron chi connectivity index (χ3n) is 3.06. The van der Waals surface area contributed by atoms with E-state index in [1.165, 1.54) is 11.1 Å². The molecule has 1 aromatic carbocycles. The summed E-state index contributed by atoms with van der Waals surface area (Å²) >= 11 is 0. The van der Waals surface area contributed by atoms with Crippen LogP contribution < -0.4 is 5.32 Å². The molecule has 17 heavy (non-hydrogen) atoms. The summed E-state index contributed by atoms with van der Waals surface area (Å²) < 4.78 is 0. The van der Waals surface area contributed by atoms with Crippen LogP contribution in [0.1, 0.15) is 30.8 Å². The van der Waals surface area contributed by atoms with E-state index in [4.69, 9.17) is 0 Å². The van der Waals surface area contributed by atoms with Crippen LogP contribution in [0.15, 0.2) is 12.1 Å². The SMILES string of the molecule is Cc1cc2nc(CCNC(C)C)[nH]c2cc1C. The van der Waals surface area contributed by atoms with Crippen molar-refractivity contribution >= 4 is 11.0 Å². The Balaban J connectivity index is 2.14. The second-order valence-corrected chi connectivity index (χ2v) is 5.00. The van der Waals surface area contributed by atoms with Gasteiger partial charge in [-0.2, -0.15) is 0 Å². The lowest BCUT2D eigenvalue weighted by atomic mass is 10.1. The maximum absolute atomic E-state index is 4.62. The molecule has 2 N–H and O–H groups in total. The number of nitrogens with zero attached hydrogens (tertiary/aromatic N) is 1. The van der Waals surface area contributed by atoms with Gasteiger partial charge in [-0.05, 0) is 37.1 Å². The molecule has 1 heterocycles. The maximum atomic E-state index is 4.62. The molecule has 0 atom stereocenters. The van der Waals surface area contributed by atoms with Crippen molar-refractivity contribution in [3.63, 3.8) is 0 Å². The molecule has 3 nitrogen and oxygen atoms in total. The predicted molar refractivity (Wildman–Crippen MR) is 72.4 cm³/mol. The van der Waals surface area contributed by atoms with Crippen molar-refractivity contribution in [2.45, 2.75) is 40.2 Å². The number of aromatic amines is 1. The molecule has 2 aromatic rings. The number of benzene rings is 1. The number of hydrogen-bond acceptors (Lipinski definition) is 2. The topological polar surface area (TPSA) is 40.7 Å². The van der Waals surface area contributed by atoms with E-state index in [-0.39, 0.29) is 0 Å². The molecule has 0 spiro atoms. The number of imidazole rings is 1. The summed E-state index contributed by atoms with van der Waals surface area (Å²) in [6.07, 6.45) is 0.949. The Hall–Kier alpha value is -1.35. The summed E-state index contributed by atoms with van der Waals surface area (Å²) in [5, 5.41) is 3.40. The number of rotatable bonds is 4. The van der Waals surface area contributed by atoms with Gasteiger partial charge in [-0.25, -0.2) is 4.98 Å². The molecule has 0 fully saturated rings. The number of nitrogens with one attached hydrogen (secondary N) is 2. The van der Waals surface area contributed by atoms with Crippen molar-refractivity contribution in [3.05, 3.63) is 29.1 Å². The van der Waals surface area contributed by atoms with Crippen LogP contribution in [-0.2, 0) is 6.42 Å². The lowest BCUT2D eigenvalue weighted by Gasteiger charge is -2.05. The minimum Gasteiger partial charge on any atom is -0.342 e. The van der Waals surface area contributed by atoms with Gasteiger partial charge < -0.3 is 10.3 Å². The quantitative estimate of drug-likeness (QED) is 0.849. The Morgan fingerprint density at radius 2 is 1.94 bits per heavy atom. The van der Waals surface area contributed by atoms with Crippen molar-refractivity contribution in [3.8, 4) is 0 Å². The summed E-state index contributed by atoms with van der Waals surface area (Å²) in [6.45, 7) is 9.55. The highest BCUT2D eigenvalue weighted by atomic mass is 14.9. The molecule has 0 bridgehead atoms. The minimum absolute atomic E-state index is 0.531. The third-order valence-corrected chi connectivity index (χ3v) is 3.06. The van der Waals surface area contributed by atoms with Crippen molar-refractivity contribution in [2.24, 2.45) is 0 Å². The van der Waals surface area contributed by atoms with E-state index in [0.29, 0.717) is 6.04 Å². The molecule has 0 unspecified atom stereocenters. The van der Waals surface area contributed by atoms with Crippen molar-refractivity contribution in [1.29, 1.82) is 0 Å². The summed E-state index contributed by atoms with van der Waals surface area (Å²) in [4.78, 5) is 8.00. The molecule has 2 rings (SSSR count). The second kappa shape index (κ2) is 4.88. The average molecular weight is 231 g/mol. The van der Waals surface area contributed by atoms with Crippen LogP contribution in [0.25, 0.3) is 11.0 Å². The van der Waals surface area contributed by atoms with E-state index >= 15 is 0 Å². The van der Waals surface area contributed by atoms with Gasteiger partial charge in [0, 0.05) is 19.0 Å². The van der Waals surface area contributed by atoms with Crippen LogP contribution in [0.2, 0.25) is 0 Å². The van der Waals surface area contributed by atoms with E-state index in [1.807, 2.05) is 0 Å².